The average molecular weight is 477 g/mol. The molecule has 1 spiro atoms. The largest absolute Gasteiger partial charge is 0.478 e. The molecule has 0 aromatic heterocycles. The van der Waals surface area contributed by atoms with Crippen LogP contribution < -0.4 is 0 Å². The molecule has 0 unspecified atom stereocenters. The Morgan fingerprint density at radius 1 is 1.03 bits per heavy atom. The minimum absolute atomic E-state index is 0.0487. The minimum Gasteiger partial charge on any atom is -0.478 e. The van der Waals surface area contributed by atoms with Crippen molar-refractivity contribution in [3.05, 3.63) is 47.6 Å². The zero-order chi connectivity index (χ0) is 25.5. The molecule has 0 aromatic carbocycles. The van der Waals surface area contributed by atoms with Crippen LogP contribution in [0.15, 0.2) is 47.6 Å². The summed E-state index contributed by atoms with van der Waals surface area (Å²) in [5.74, 6) is -2.31. The van der Waals surface area contributed by atoms with Crippen molar-refractivity contribution in [2.24, 2.45) is 17.8 Å². The molecule has 3 N–H and O–H groups in total. The number of carboxylic acids is 2. The molecular weight excluding hydrogens is 436 g/mol. The van der Waals surface area contributed by atoms with E-state index in [0.717, 1.165) is 37.3 Å². The molecule has 34 heavy (non-hydrogen) atoms. The summed E-state index contributed by atoms with van der Waals surface area (Å²) in [6.45, 7) is 9.69. The number of ether oxygens (including phenoxy) is 2. The number of aliphatic hydroxyl groups is 1. The Balaban J connectivity index is 2.06. The number of hydrogen-bond donors (Lipinski definition) is 3. The van der Waals surface area contributed by atoms with Crippen molar-refractivity contribution in [2.45, 2.75) is 90.8 Å². The number of carboxylic acid groups (broad SMARTS) is 2. The van der Waals surface area contributed by atoms with Gasteiger partial charge in [-0.2, -0.15) is 0 Å². The van der Waals surface area contributed by atoms with Crippen molar-refractivity contribution >= 4 is 11.9 Å². The second-order valence-electron chi connectivity index (χ2n) is 9.95. The Morgan fingerprint density at radius 3 is 2.29 bits per heavy atom. The van der Waals surface area contributed by atoms with E-state index < -0.39 is 23.8 Å². The van der Waals surface area contributed by atoms with Crippen LogP contribution in [0, 0.1) is 17.8 Å². The first-order valence-corrected chi connectivity index (χ1v) is 12.1. The first-order chi connectivity index (χ1) is 15.9. The lowest BCUT2D eigenvalue weighted by Gasteiger charge is -2.49. The van der Waals surface area contributed by atoms with Crippen LogP contribution >= 0.6 is 0 Å². The maximum absolute atomic E-state index is 10.9. The first-order valence-electron chi connectivity index (χ1n) is 12.1. The summed E-state index contributed by atoms with van der Waals surface area (Å²) in [6.07, 6.45) is 12.7. The second kappa shape index (κ2) is 12.5. The van der Waals surface area contributed by atoms with Gasteiger partial charge in [0.25, 0.3) is 0 Å². The van der Waals surface area contributed by atoms with Crippen LogP contribution in [0.1, 0.15) is 66.7 Å². The summed E-state index contributed by atoms with van der Waals surface area (Å²) < 4.78 is 13.1. The molecule has 7 nitrogen and oxygen atoms in total. The van der Waals surface area contributed by atoms with Crippen LogP contribution in [0.25, 0.3) is 0 Å². The highest BCUT2D eigenvalue weighted by atomic mass is 16.7. The van der Waals surface area contributed by atoms with Gasteiger partial charge in [-0.3, -0.25) is 0 Å². The van der Waals surface area contributed by atoms with Gasteiger partial charge in [-0.25, -0.2) is 9.59 Å². The highest BCUT2D eigenvalue weighted by Gasteiger charge is 2.45. The summed E-state index contributed by atoms with van der Waals surface area (Å²) in [7, 11) is 0. The third-order valence-corrected chi connectivity index (χ3v) is 6.95. The van der Waals surface area contributed by atoms with Crippen LogP contribution in [0.4, 0.5) is 0 Å². The van der Waals surface area contributed by atoms with E-state index in [-0.39, 0.29) is 18.1 Å². The fourth-order valence-electron chi connectivity index (χ4n) is 4.57. The van der Waals surface area contributed by atoms with Gasteiger partial charge in [-0.1, -0.05) is 45.1 Å². The lowest BCUT2D eigenvalue weighted by Crippen LogP contribution is -2.51. The number of allylic oxidation sites excluding steroid dienone is 2. The van der Waals surface area contributed by atoms with Crippen LogP contribution in [0.2, 0.25) is 0 Å². The van der Waals surface area contributed by atoms with Crippen molar-refractivity contribution in [3.8, 4) is 0 Å². The number of carbonyl (C=O) groups is 2. The SMILES string of the molecule is CC(/C=C/[C@@H]1O[C@]2(CC[C@@H]1C)CC[C@H](C)[C@@H](C/C=C(\C)[C@H](O)[C@@H](C)/C=C/C(=O)O)O2)=C\C(=O)O. The van der Waals surface area contributed by atoms with E-state index in [2.05, 4.69) is 13.8 Å². The molecule has 0 radical (unpaired) electrons. The van der Waals surface area contributed by atoms with E-state index in [9.17, 15) is 14.7 Å². The highest BCUT2D eigenvalue weighted by molar-refractivity contribution is 5.81. The van der Waals surface area contributed by atoms with E-state index in [0.29, 0.717) is 23.8 Å². The molecule has 7 heteroatoms. The van der Waals surface area contributed by atoms with Gasteiger partial charge in [0.1, 0.15) is 0 Å². The van der Waals surface area contributed by atoms with E-state index in [1.165, 1.54) is 12.2 Å². The van der Waals surface area contributed by atoms with Crippen LogP contribution in [0.5, 0.6) is 0 Å². The Labute approximate surface area is 202 Å². The quantitative estimate of drug-likeness (QED) is 0.247. The molecule has 2 rings (SSSR count). The molecular formula is C27H40O7. The van der Waals surface area contributed by atoms with Crippen LogP contribution in [-0.4, -0.2) is 51.4 Å². The monoisotopic (exact) mass is 476 g/mol. The molecule has 0 aromatic rings. The topological polar surface area (TPSA) is 113 Å². The van der Waals surface area contributed by atoms with Crippen molar-refractivity contribution < 1.29 is 34.4 Å². The number of rotatable bonds is 9. The normalized spacial score (nSPS) is 32.9. The molecule has 0 bridgehead atoms. The smallest absolute Gasteiger partial charge is 0.328 e. The Bertz CT molecular complexity index is 836. The van der Waals surface area contributed by atoms with Gasteiger partial charge in [-0.05, 0) is 56.1 Å². The molecule has 2 heterocycles. The lowest BCUT2D eigenvalue weighted by molar-refractivity contribution is -0.323. The average Bonchev–Trinajstić information content (AvgIpc) is 2.77. The summed E-state index contributed by atoms with van der Waals surface area (Å²) >= 11 is 0. The number of hydrogen-bond acceptors (Lipinski definition) is 5. The third-order valence-electron chi connectivity index (χ3n) is 6.95. The van der Waals surface area contributed by atoms with E-state index in [1.54, 1.807) is 19.9 Å². The number of aliphatic hydroxyl groups excluding tert-OH is 1. The fraction of sp³-hybridized carbons (Fsp3) is 0.630. The predicted octanol–water partition coefficient (Wildman–Crippen LogP) is 4.87. The van der Waals surface area contributed by atoms with Gasteiger partial charge < -0.3 is 24.8 Å². The maximum Gasteiger partial charge on any atom is 0.328 e. The van der Waals surface area contributed by atoms with Gasteiger partial charge in [0, 0.05) is 30.9 Å². The molecule has 0 amide bonds. The summed E-state index contributed by atoms with van der Waals surface area (Å²) in [5.41, 5.74) is 1.45. The molecule has 2 aliphatic rings. The molecule has 2 saturated heterocycles. The summed E-state index contributed by atoms with van der Waals surface area (Å²) in [5, 5.41) is 28.2. The van der Waals surface area contributed by atoms with E-state index in [1.807, 2.05) is 19.1 Å². The lowest BCUT2D eigenvalue weighted by atomic mass is 9.83. The maximum atomic E-state index is 10.9. The van der Waals surface area contributed by atoms with Gasteiger partial charge in [0.05, 0.1) is 18.3 Å². The second-order valence-corrected chi connectivity index (χ2v) is 9.95. The van der Waals surface area contributed by atoms with Gasteiger partial charge >= 0.3 is 11.9 Å². The molecule has 2 fully saturated rings. The summed E-state index contributed by atoms with van der Waals surface area (Å²) in [6, 6.07) is 0. The van der Waals surface area contributed by atoms with Crippen molar-refractivity contribution in [1.82, 2.24) is 0 Å². The minimum atomic E-state index is -1.03. The Hall–Kier alpha value is -2.22. The van der Waals surface area contributed by atoms with E-state index in [4.69, 9.17) is 19.7 Å². The van der Waals surface area contributed by atoms with Gasteiger partial charge in [0.2, 0.25) is 0 Å². The zero-order valence-corrected chi connectivity index (χ0v) is 20.9. The highest BCUT2D eigenvalue weighted by Crippen LogP contribution is 2.43. The molecule has 2 aliphatic heterocycles. The Kier molecular flexibility index (Phi) is 10.3. The van der Waals surface area contributed by atoms with Crippen molar-refractivity contribution in [1.29, 1.82) is 0 Å². The molecule has 0 aliphatic carbocycles. The molecule has 0 saturated carbocycles. The van der Waals surface area contributed by atoms with Gasteiger partial charge in [0.15, 0.2) is 5.79 Å². The first kappa shape index (κ1) is 28.0. The fourth-order valence-corrected chi connectivity index (χ4v) is 4.57. The van der Waals surface area contributed by atoms with E-state index >= 15 is 0 Å². The third kappa shape index (κ3) is 8.22. The molecule has 190 valence electrons. The van der Waals surface area contributed by atoms with Gasteiger partial charge in [-0.15, -0.1) is 0 Å². The van der Waals surface area contributed by atoms with Crippen molar-refractivity contribution in [2.75, 3.05) is 0 Å². The van der Waals surface area contributed by atoms with Crippen LogP contribution in [0.3, 0.4) is 0 Å². The standard InChI is InChI=1S/C27H40O7/c1-17(16-25(30)31)6-9-22-18(2)12-14-27(33-22)15-13-19(3)23(34-27)10-7-20(4)26(32)21(5)8-11-24(28)29/h6-9,11,16,18-19,21-23,26,32H,10,12-15H2,1-5H3,(H,28,29)(H,30,31)/b9-6+,11-8+,17-16+,20-7+/t18-,19-,21-,22-,23+,26-,27-/m0/s1. The Morgan fingerprint density at radius 2 is 1.68 bits per heavy atom. The van der Waals surface area contributed by atoms with Crippen LogP contribution in [-0.2, 0) is 19.1 Å². The number of aliphatic carboxylic acids is 2. The zero-order valence-electron chi connectivity index (χ0n) is 20.9. The predicted molar refractivity (Wildman–Crippen MR) is 130 cm³/mol. The summed E-state index contributed by atoms with van der Waals surface area (Å²) in [4.78, 5) is 21.6. The van der Waals surface area contributed by atoms with Crippen molar-refractivity contribution in [3.63, 3.8) is 0 Å². The molecule has 7 atom stereocenters.